The van der Waals surface area contributed by atoms with E-state index in [0.717, 1.165) is 32.2 Å². The van der Waals surface area contributed by atoms with Crippen LogP contribution in [0.15, 0.2) is 0 Å². The van der Waals surface area contributed by atoms with Gasteiger partial charge in [0.1, 0.15) is 0 Å². The number of nitrogens with zero attached hydrogens (tertiary/aromatic N) is 1. The van der Waals surface area contributed by atoms with E-state index in [0.29, 0.717) is 6.54 Å². The number of aliphatic hydroxyl groups is 1. The lowest BCUT2D eigenvalue weighted by Crippen LogP contribution is -2.42. The maximum Gasteiger partial charge on any atom is 0.239 e. The first-order valence-electron chi connectivity index (χ1n) is 5.84. The zero-order valence-corrected chi connectivity index (χ0v) is 9.48. The molecule has 0 saturated carbocycles. The predicted molar refractivity (Wildman–Crippen MR) is 59.3 cm³/mol. The van der Waals surface area contributed by atoms with E-state index in [4.69, 9.17) is 10.8 Å². The highest BCUT2D eigenvalue weighted by Gasteiger charge is 2.28. The van der Waals surface area contributed by atoms with Crippen molar-refractivity contribution in [1.29, 1.82) is 0 Å². The molecule has 15 heavy (non-hydrogen) atoms. The predicted octanol–water partition coefficient (Wildman–Crippen LogP) is 0.345. The molecular formula is C11H22N2O2. The number of rotatable bonds is 5. The smallest absolute Gasteiger partial charge is 0.239 e. The van der Waals surface area contributed by atoms with Crippen molar-refractivity contribution in [1.82, 2.24) is 4.90 Å². The Morgan fingerprint density at radius 3 is 2.93 bits per heavy atom. The molecule has 1 aliphatic heterocycles. The van der Waals surface area contributed by atoms with Gasteiger partial charge in [-0.2, -0.15) is 0 Å². The lowest BCUT2D eigenvalue weighted by atomic mass is 10.1. The summed E-state index contributed by atoms with van der Waals surface area (Å²) in [6.07, 6.45) is 3.75. The zero-order chi connectivity index (χ0) is 11.3. The molecule has 0 aromatic carbocycles. The fourth-order valence-corrected chi connectivity index (χ4v) is 1.96. The third-order valence-corrected chi connectivity index (χ3v) is 3.04. The van der Waals surface area contributed by atoms with Crippen molar-refractivity contribution in [2.75, 3.05) is 19.7 Å². The van der Waals surface area contributed by atoms with Crippen molar-refractivity contribution in [2.45, 2.75) is 38.6 Å². The number of nitrogens with two attached hydrogens (primary N) is 1. The standard InChI is InChI=1S/C11H22N2O2/c1-2-3-4-10(12)11(15)13-6-5-9(7-13)8-14/h9-10,14H,2-8,12H2,1H3. The maximum atomic E-state index is 11.8. The molecular weight excluding hydrogens is 192 g/mol. The maximum absolute atomic E-state index is 11.8. The van der Waals surface area contributed by atoms with Crippen LogP contribution in [0.1, 0.15) is 32.6 Å². The van der Waals surface area contributed by atoms with Crippen molar-refractivity contribution < 1.29 is 9.90 Å². The number of likely N-dealkylation sites (tertiary alicyclic amines) is 1. The first-order valence-corrected chi connectivity index (χ1v) is 5.84. The fraction of sp³-hybridized carbons (Fsp3) is 0.909. The second kappa shape index (κ2) is 6.08. The molecule has 4 nitrogen and oxygen atoms in total. The topological polar surface area (TPSA) is 66.6 Å². The van der Waals surface area contributed by atoms with Crippen molar-refractivity contribution in [3.05, 3.63) is 0 Å². The van der Waals surface area contributed by atoms with Gasteiger partial charge < -0.3 is 15.7 Å². The van der Waals surface area contributed by atoms with Crippen LogP contribution in [0.2, 0.25) is 0 Å². The van der Waals surface area contributed by atoms with Gasteiger partial charge in [-0.1, -0.05) is 19.8 Å². The van der Waals surface area contributed by atoms with Crippen LogP contribution in [0.4, 0.5) is 0 Å². The van der Waals surface area contributed by atoms with Gasteiger partial charge in [0.05, 0.1) is 6.04 Å². The van der Waals surface area contributed by atoms with E-state index in [9.17, 15) is 4.79 Å². The van der Waals surface area contributed by atoms with Gasteiger partial charge in [0.15, 0.2) is 0 Å². The van der Waals surface area contributed by atoms with Crippen molar-refractivity contribution in [3.8, 4) is 0 Å². The molecule has 2 atom stereocenters. The number of carbonyl (C=O) groups excluding carboxylic acids is 1. The Balaban J connectivity index is 2.33. The first-order chi connectivity index (χ1) is 7.19. The van der Waals surface area contributed by atoms with E-state index in [1.807, 2.05) is 0 Å². The minimum Gasteiger partial charge on any atom is -0.396 e. The molecule has 88 valence electrons. The third-order valence-electron chi connectivity index (χ3n) is 3.04. The zero-order valence-electron chi connectivity index (χ0n) is 9.48. The van der Waals surface area contributed by atoms with Gasteiger partial charge in [0.25, 0.3) is 0 Å². The average molecular weight is 214 g/mol. The van der Waals surface area contributed by atoms with Crippen LogP contribution in [-0.2, 0) is 4.79 Å². The Labute approximate surface area is 91.4 Å². The van der Waals surface area contributed by atoms with Gasteiger partial charge in [-0.25, -0.2) is 0 Å². The number of hydrogen-bond donors (Lipinski definition) is 2. The molecule has 3 N–H and O–H groups in total. The SMILES string of the molecule is CCCCC(N)C(=O)N1CCC(CO)C1. The van der Waals surface area contributed by atoms with Gasteiger partial charge in [0.2, 0.25) is 5.91 Å². The van der Waals surface area contributed by atoms with Crippen LogP contribution in [0.5, 0.6) is 0 Å². The number of aliphatic hydroxyl groups excluding tert-OH is 1. The Morgan fingerprint density at radius 1 is 1.67 bits per heavy atom. The Kier molecular flexibility index (Phi) is 5.05. The van der Waals surface area contributed by atoms with Crippen LogP contribution in [0, 0.1) is 5.92 Å². The largest absolute Gasteiger partial charge is 0.396 e. The minimum atomic E-state index is -0.345. The molecule has 0 aliphatic carbocycles. The molecule has 1 aliphatic rings. The molecule has 0 aromatic heterocycles. The van der Waals surface area contributed by atoms with Gasteiger partial charge in [0, 0.05) is 25.6 Å². The van der Waals surface area contributed by atoms with Crippen LogP contribution < -0.4 is 5.73 Å². The molecule has 0 spiro atoms. The molecule has 1 rings (SSSR count). The first kappa shape index (κ1) is 12.5. The summed E-state index contributed by atoms with van der Waals surface area (Å²) in [6.45, 7) is 3.70. The van der Waals surface area contributed by atoms with E-state index in [1.165, 1.54) is 0 Å². The van der Waals surface area contributed by atoms with Gasteiger partial charge >= 0.3 is 0 Å². The molecule has 1 amide bonds. The molecule has 0 bridgehead atoms. The number of amides is 1. The lowest BCUT2D eigenvalue weighted by Gasteiger charge is -2.20. The molecule has 1 heterocycles. The van der Waals surface area contributed by atoms with Crippen molar-refractivity contribution in [3.63, 3.8) is 0 Å². The summed E-state index contributed by atoms with van der Waals surface area (Å²) in [5.74, 6) is 0.312. The summed E-state index contributed by atoms with van der Waals surface area (Å²) < 4.78 is 0. The molecule has 0 aromatic rings. The van der Waals surface area contributed by atoms with Crippen LogP contribution >= 0.6 is 0 Å². The van der Waals surface area contributed by atoms with Crippen molar-refractivity contribution in [2.24, 2.45) is 11.7 Å². The van der Waals surface area contributed by atoms with Crippen LogP contribution in [0.25, 0.3) is 0 Å². The Hall–Kier alpha value is -0.610. The summed E-state index contributed by atoms with van der Waals surface area (Å²) in [4.78, 5) is 13.6. The van der Waals surface area contributed by atoms with Gasteiger partial charge in [-0.15, -0.1) is 0 Å². The van der Waals surface area contributed by atoms with Gasteiger partial charge in [-0.3, -0.25) is 4.79 Å². The average Bonchev–Trinajstić information content (AvgIpc) is 2.73. The van der Waals surface area contributed by atoms with E-state index >= 15 is 0 Å². The molecule has 4 heteroatoms. The monoisotopic (exact) mass is 214 g/mol. The molecule has 1 fully saturated rings. The summed E-state index contributed by atoms with van der Waals surface area (Å²) in [5.41, 5.74) is 5.82. The Morgan fingerprint density at radius 2 is 2.40 bits per heavy atom. The lowest BCUT2D eigenvalue weighted by molar-refractivity contribution is -0.131. The van der Waals surface area contributed by atoms with Crippen LogP contribution in [-0.4, -0.2) is 41.7 Å². The van der Waals surface area contributed by atoms with E-state index in [-0.39, 0.29) is 24.5 Å². The fourth-order valence-electron chi connectivity index (χ4n) is 1.96. The van der Waals surface area contributed by atoms with E-state index in [1.54, 1.807) is 4.90 Å². The number of unbranched alkanes of at least 4 members (excludes halogenated alkanes) is 1. The summed E-state index contributed by atoms with van der Waals surface area (Å²) in [7, 11) is 0. The molecule has 2 unspecified atom stereocenters. The highest BCUT2D eigenvalue weighted by molar-refractivity contribution is 5.81. The highest BCUT2D eigenvalue weighted by atomic mass is 16.3. The van der Waals surface area contributed by atoms with E-state index in [2.05, 4.69) is 6.92 Å². The minimum absolute atomic E-state index is 0.0550. The van der Waals surface area contributed by atoms with Crippen molar-refractivity contribution >= 4 is 5.91 Å². The van der Waals surface area contributed by atoms with E-state index < -0.39 is 0 Å². The summed E-state index contributed by atoms with van der Waals surface area (Å²) >= 11 is 0. The summed E-state index contributed by atoms with van der Waals surface area (Å²) in [6, 6.07) is -0.345. The highest BCUT2D eigenvalue weighted by Crippen LogP contribution is 2.16. The van der Waals surface area contributed by atoms with Gasteiger partial charge in [-0.05, 0) is 12.8 Å². The number of hydrogen-bond acceptors (Lipinski definition) is 3. The second-order valence-electron chi connectivity index (χ2n) is 4.37. The summed E-state index contributed by atoms with van der Waals surface area (Å²) in [5, 5.41) is 8.98. The molecule has 1 saturated heterocycles. The number of carbonyl (C=O) groups is 1. The van der Waals surface area contributed by atoms with Crippen LogP contribution in [0.3, 0.4) is 0 Å². The Bertz CT molecular complexity index is 209. The normalized spacial score (nSPS) is 23.1. The molecule has 0 radical (unpaired) electrons. The third kappa shape index (κ3) is 3.47. The quantitative estimate of drug-likeness (QED) is 0.693. The second-order valence-corrected chi connectivity index (χ2v) is 4.37.